The Morgan fingerprint density at radius 3 is 2.78 bits per heavy atom. The highest BCUT2D eigenvalue weighted by Crippen LogP contribution is 2.62. The monoisotopic (exact) mass is 481 g/mol. The molecule has 0 saturated heterocycles. The lowest BCUT2D eigenvalue weighted by Gasteiger charge is -2.58. The number of hydrogen-bond acceptors (Lipinski definition) is 7. The van der Waals surface area contributed by atoms with Crippen LogP contribution in [0.25, 0.3) is 0 Å². The SMILES string of the molecule is C=CCN(C)C(=O)C[C@@H]1c2nc(NC(=O)CSC)sc2C[C@@H]2[C@](C)(CO)[C@H](O)CC[C@]21C. The van der Waals surface area contributed by atoms with Crippen LogP contribution in [0.5, 0.6) is 0 Å². The third-order valence-electron chi connectivity index (χ3n) is 7.62. The van der Waals surface area contributed by atoms with Crippen molar-refractivity contribution < 1.29 is 19.8 Å². The summed E-state index contributed by atoms with van der Waals surface area (Å²) < 4.78 is 0. The molecule has 0 aromatic carbocycles. The zero-order chi connectivity index (χ0) is 23.7. The van der Waals surface area contributed by atoms with Crippen LogP contribution in [0.1, 0.15) is 49.6 Å². The summed E-state index contributed by atoms with van der Waals surface area (Å²) in [5.74, 6) is 0.112. The van der Waals surface area contributed by atoms with Gasteiger partial charge in [0.2, 0.25) is 11.8 Å². The number of likely N-dealkylation sites (N-methyl/N-ethyl adjacent to an activating group) is 1. The number of thioether (sulfide) groups is 1. The van der Waals surface area contributed by atoms with Gasteiger partial charge in [0.15, 0.2) is 5.13 Å². The van der Waals surface area contributed by atoms with Gasteiger partial charge in [-0.3, -0.25) is 9.59 Å². The molecular formula is C23H35N3O4S2. The van der Waals surface area contributed by atoms with E-state index in [9.17, 15) is 19.8 Å². The molecule has 1 aromatic rings. The summed E-state index contributed by atoms with van der Waals surface area (Å²) in [7, 11) is 1.77. The molecule has 1 aromatic heterocycles. The van der Waals surface area contributed by atoms with Crippen molar-refractivity contribution in [3.05, 3.63) is 23.2 Å². The van der Waals surface area contributed by atoms with Gasteiger partial charge in [-0.1, -0.05) is 19.9 Å². The molecule has 2 aliphatic rings. The van der Waals surface area contributed by atoms with Crippen molar-refractivity contribution >= 4 is 40.0 Å². The standard InChI is InChI=1S/C23H35N3O4S2/c1-6-9-26(4)19(30)10-14-20-15(32-21(25-20)24-18(29)12-31-5)11-16-22(14,2)8-7-17(28)23(16,3)13-27/h6,14,16-17,27-28H,1,7-13H2,2-5H3,(H,24,25,29)/t14-,16+,17-,22+,23+/m1/s1. The molecule has 7 nitrogen and oxygen atoms in total. The maximum absolute atomic E-state index is 13.1. The van der Waals surface area contributed by atoms with Crippen LogP contribution in [0.15, 0.2) is 12.7 Å². The Balaban J connectivity index is 2.03. The van der Waals surface area contributed by atoms with Gasteiger partial charge in [-0.05, 0) is 36.9 Å². The van der Waals surface area contributed by atoms with Gasteiger partial charge in [0.25, 0.3) is 0 Å². The number of nitrogens with zero attached hydrogens (tertiary/aromatic N) is 2. The number of thiazole rings is 1. The van der Waals surface area contributed by atoms with Crippen molar-refractivity contribution in [3.63, 3.8) is 0 Å². The molecule has 1 fully saturated rings. The first kappa shape index (κ1) is 25.2. The Kier molecular flexibility index (Phi) is 7.74. The van der Waals surface area contributed by atoms with Gasteiger partial charge in [0, 0.05) is 36.2 Å². The number of nitrogens with one attached hydrogen (secondary N) is 1. The lowest BCUT2D eigenvalue weighted by Crippen LogP contribution is -2.57. The molecule has 0 bridgehead atoms. The number of aliphatic hydroxyl groups is 2. The van der Waals surface area contributed by atoms with E-state index >= 15 is 0 Å². The van der Waals surface area contributed by atoms with Gasteiger partial charge >= 0.3 is 0 Å². The largest absolute Gasteiger partial charge is 0.396 e. The third-order valence-corrected chi connectivity index (χ3v) is 9.18. The van der Waals surface area contributed by atoms with E-state index in [-0.39, 0.29) is 35.7 Å². The topological polar surface area (TPSA) is 103 Å². The highest BCUT2D eigenvalue weighted by molar-refractivity contribution is 7.99. The van der Waals surface area contributed by atoms with E-state index in [0.29, 0.717) is 36.7 Å². The third kappa shape index (κ3) is 4.49. The quantitative estimate of drug-likeness (QED) is 0.494. The molecule has 3 rings (SSSR count). The molecule has 5 atom stereocenters. The molecule has 0 spiro atoms. The number of rotatable bonds is 8. The minimum atomic E-state index is -0.661. The lowest BCUT2D eigenvalue weighted by molar-refractivity contribution is -0.146. The van der Waals surface area contributed by atoms with Crippen LogP contribution in [0.4, 0.5) is 5.13 Å². The van der Waals surface area contributed by atoms with Crippen LogP contribution in [-0.2, 0) is 16.0 Å². The van der Waals surface area contributed by atoms with Crippen LogP contribution in [0.2, 0.25) is 0 Å². The number of aromatic nitrogens is 1. The van der Waals surface area contributed by atoms with Crippen molar-refractivity contribution in [2.45, 2.75) is 51.6 Å². The fourth-order valence-electron chi connectivity index (χ4n) is 5.61. The predicted molar refractivity (Wildman–Crippen MR) is 130 cm³/mol. The van der Waals surface area contributed by atoms with E-state index in [4.69, 9.17) is 4.98 Å². The van der Waals surface area contributed by atoms with Crippen LogP contribution in [0, 0.1) is 16.7 Å². The predicted octanol–water partition coefficient (Wildman–Crippen LogP) is 2.89. The molecule has 2 aliphatic carbocycles. The van der Waals surface area contributed by atoms with Gasteiger partial charge in [0.05, 0.1) is 24.2 Å². The number of carbonyl (C=O) groups excluding carboxylic acids is 2. The van der Waals surface area contributed by atoms with Crippen molar-refractivity contribution in [1.29, 1.82) is 0 Å². The average molecular weight is 482 g/mol. The normalized spacial score (nSPS) is 31.4. The second-order valence-electron chi connectivity index (χ2n) is 9.61. The van der Waals surface area contributed by atoms with Crippen molar-refractivity contribution in [2.24, 2.45) is 16.7 Å². The van der Waals surface area contributed by atoms with E-state index in [0.717, 1.165) is 17.0 Å². The van der Waals surface area contributed by atoms with Crippen molar-refractivity contribution in [1.82, 2.24) is 9.88 Å². The first-order valence-electron chi connectivity index (χ1n) is 11.0. The van der Waals surface area contributed by atoms with Gasteiger partial charge in [-0.25, -0.2) is 4.98 Å². The van der Waals surface area contributed by atoms with E-state index in [1.54, 1.807) is 18.0 Å². The van der Waals surface area contributed by atoms with Gasteiger partial charge < -0.3 is 20.4 Å². The Labute approximate surface area is 198 Å². The molecule has 9 heteroatoms. The Bertz CT molecular complexity index is 875. The summed E-state index contributed by atoms with van der Waals surface area (Å²) in [6, 6.07) is 0. The number of aliphatic hydroxyl groups excluding tert-OH is 2. The molecule has 1 saturated carbocycles. The molecule has 3 N–H and O–H groups in total. The van der Waals surface area contributed by atoms with Gasteiger partial charge in [-0.2, -0.15) is 11.8 Å². The fourth-order valence-corrected chi connectivity index (χ4v) is 7.03. The number of amides is 2. The summed E-state index contributed by atoms with van der Waals surface area (Å²) in [5.41, 5.74) is -0.0842. The maximum Gasteiger partial charge on any atom is 0.236 e. The zero-order valence-corrected chi connectivity index (χ0v) is 21.0. The highest BCUT2D eigenvalue weighted by atomic mass is 32.2. The summed E-state index contributed by atoms with van der Waals surface area (Å²) in [4.78, 5) is 32.7. The van der Waals surface area contributed by atoms with E-state index in [1.165, 1.54) is 23.1 Å². The summed E-state index contributed by atoms with van der Waals surface area (Å²) in [6.45, 7) is 8.22. The summed E-state index contributed by atoms with van der Waals surface area (Å²) in [6.07, 6.45) is 5.28. The number of hydrogen-bond donors (Lipinski definition) is 3. The van der Waals surface area contributed by atoms with Crippen LogP contribution < -0.4 is 5.32 Å². The molecular weight excluding hydrogens is 446 g/mol. The Hall–Kier alpha value is -1.42. The number of carbonyl (C=O) groups is 2. The van der Waals surface area contributed by atoms with Crippen LogP contribution >= 0.6 is 23.1 Å². The second kappa shape index (κ2) is 9.83. The Morgan fingerprint density at radius 2 is 2.16 bits per heavy atom. The molecule has 1 heterocycles. The summed E-state index contributed by atoms with van der Waals surface area (Å²) >= 11 is 2.90. The molecule has 178 valence electrons. The van der Waals surface area contributed by atoms with Crippen LogP contribution in [0.3, 0.4) is 0 Å². The minimum absolute atomic E-state index is 0.00559. The van der Waals surface area contributed by atoms with Gasteiger partial charge in [-0.15, -0.1) is 17.9 Å². The second-order valence-corrected chi connectivity index (χ2v) is 11.6. The molecule has 0 radical (unpaired) electrons. The van der Waals surface area contributed by atoms with Crippen LogP contribution in [-0.4, -0.2) is 70.2 Å². The molecule has 32 heavy (non-hydrogen) atoms. The molecule has 0 unspecified atom stereocenters. The zero-order valence-electron chi connectivity index (χ0n) is 19.4. The average Bonchev–Trinajstić information content (AvgIpc) is 3.14. The summed E-state index contributed by atoms with van der Waals surface area (Å²) in [5, 5.41) is 24.6. The molecule has 2 amide bonds. The Morgan fingerprint density at radius 1 is 1.44 bits per heavy atom. The fraction of sp³-hybridized carbons (Fsp3) is 0.696. The molecule has 0 aliphatic heterocycles. The lowest BCUT2D eigenvalue weighted by atomic mass is 9.47. The maximum atomic E-state index is 13.1. The van der Waals surface area contributed by atoms with E-state index in [2.05, 4.69) is 18.8 Å². The minimum Gasteiger partial charge on any atom is -0.396 e. The number of anilines is 1. The van der Waals surface area contributed by atoms with Gasteiger partial charge in [0.1, 0.15) is 0 Å². The highest BCUT2D eigenvalue weighted by Gasteiger charge is 2.59. The van der Waals surface area contributed by atoms with Crippen molar-refractivity contribution in [2.75, 3.05) is 37.5 Å². The smallest absolute Gasteiger partial charge is 0.236 e. The number of fused-ring (bicyclic) bond motifs is 2. The van der Waals surface area contributed by atoms with Crippen molar-refractivity contribution in [3.8, 4) is 0 Å². The van der Waals surface area contributed by atoms with E-state index < -0.39 is 11.5 Å². The first-order valence-corrected chi connectivity index (χ1v) is 13.2. The van der Waals surface area contributed by atoms with E-state index in [1.807, 2.05) is 13.2 Å². The first-order chi connectivity index (χ1) is 15.1.